The Morgan fingerprint density at radius 2 is 1.18 bits per heavy atom. The third-order valence-electron chi connectivity index (χ3n) is 2.30. The monoisotopic (exact) mass is 384 g/mol. The van der Waals surface area contributed by atoms with E-state index in [4.69, 9.17) is 0 Å². The molecule has 0 fully saturated rings. The molecule has 3 atom stereocenters. The van der Waals surface area contributed by atoms with Gasteiger partial charge in [0, 0.05) is 6.42 Å². The maximum atomic E-state index is 13.2. The van der Waals surface area contributed by atoms with Crippen LogP contribution in [0.3, 0.4) is 0 Å². The fourth-order valence-corrected chi connectivity index (χ4v) is 2.00. The van der Waals surface area contributed by atoms with Crippen molar-refractivity contribution in [3.63, 3.8) is 0 Å². The Balaban J connectivity index is 4.95. The lowest BCUT2D eigenvalue weighted by molar-refractivity contribution is -0.243. The average Bonchev–Trinajstić information content (AvgIpc) is 1.98. The zero-order chi connectivity index (χ0) is 14.3. The smallest absolute Gasteiger partial charge is 0.234 e. The first-order valence-corrected chi connectivity index (χ1v) is 5.53. The summed E-state index contributed by atoms with van der Waals surface area (Å²) < 4.78 is 97.0. The van der Waals surface area contributed by atoms with Crippen LogP contribution in [0.2, 0.25) is 0 Å². The van der Waals surface area contributed by atoms with Crippen molar-refractivity contribution in [2.75, 3.05) is 0 Å². The number of halogens is 9. The molecular formula is C8H9F8I. The van der Waals surface area contributed by atoms with Crippen molar-refractivity contribution in [2.45, 2.75) is 47.9 Å². The molecule has 3 unspecified atom stereocenters. The van der Waals surface area contributed by atoms with Gasteiger partial charge in [-0.3, -0.25) is 0 Å². The molecule has 0 saturated heterocycles. The Morgan fingerprint density at radius 3 is 1.41 bits per heavy atom. The van der Waals surface area contributed by atoms with Crippen LogP contribution in [0.25, 0.3) is 0 Å². The van der Waals surface area contributed by atoms with Gasteiger partial charge >= 0.3 is 12.4 Å². The van der Waals surface area contributed by atoms with E-state index < -0.39 is 34.0 Å². The molecule has 0 aromatic carbocycles. The largest absolute Gasteiger partial charge is 0.423 e. The first kappa shape index (κ1) is 17.2. The zero-order valence-corrected chi connectivity index (χ0v) is 10.8. The van der Waals surface area contributed by atoms with Gasteiger partial charge in [-0.15, -0.1) is 0 Å². The van der Waals surface area contributed by atoms with Crippen molar-refractivity contribution in [1.29, 1.82) is 0 Å². The highest BCUT2D eigenvalue weighted by Gasteiger charge is 2.61. The molecule has 0 N–H and O–H groups in total. The van der Waals surface area contributed by atoms with Crippen LogP contribution in [0.5, 0.6) is 0 Å². The van der Waals surface area contributed by atoms with Crippen LogP contribution in [0, 0.1) is 0 Å². The molecule has 0 heterocycles. The average molecular weight is 384 g/mol. The fourth-order valence-electron chi connectivity index (χ4n) is 0.822. The second kappa shape index (κ2) is 4.69. The van der Waals surface area contributed by atoms with E-state index in [1.807, 2.05) is 0 Å². The summed E-state index contributed by atoms with van der Waals surface area (Å²) in [6.07, 6.45) is -12.3. The summed E-state index contributed by atoms with van der Waals surface area (Å²) in [6.45, 7) is 0.182. The van der Waals surface area contributed by atoms with Crippen molar-refractivity contribution >= 4 is 22.6 Å². The summed E-state index contributed by atoms with van der Waals surface area (Å²) in [5.74, 6) is 0. The summed E-state index contributed by atoms with van der Waals surface area (Å²) in [5, 5.41) is 0. The van der Waals surface area contributed by atoms with Crippen LogP contribution in [-0.4, -0.2) is 27.6 Å². The van der Waals surface area contributed by atoms with Crippen LogP contribution >= 0.6 is 22.6 Å². The lowest BCUT2D eigenvalue weighted by Crippen LogP contribution is -2.50. The molecule has 104 valence electrons. The molecule has 0 aromatic heterocycles. The summed E-state index contributed by atoms with van der Waals surface area (Å²) in [6, 6.07) is 0. The predicted octanol–water partition coefficient (Wildman–Crippen LogP) is 4.76. The topological polar surface area (TPSA) is 0 Å². The predicted molar refractivity (Wildman–Crippen MR) is 53.6 cm³/mol. The molecular weight excluding hydrogens is 375 g/mol. The summed E-state index contributed by atoms with van der Waals surface area (Å²) in [4.78, 5) is 0. The molecule has 0 aliphatic heterocycles. The van der Waals surface area contributed by atoms with Crippen LogP contribution in [0.15, 0.2) is 0 Å². The van der Waals surface area contributed by atoms with Crippen LogP contribution in [0.1, 0.15) is 20.3 Å². The Labute approximate surface area is 106 Å². The number of alkyl halides is 9. The maximum absolute atomic E-state index is 13.2. The highest BCUT2D eigenvalue weighted by atomic mass is 127. The minimum absolute atomic E-state index is 0.0884. The van der Waals surface area contributed by atoms with Crippen molar-refractivity contribution in [1.82, 2.24) is 0 Å². The molecule has 0 aliphatic carbocycles. The number of hydrogen-bond donors (Lipinski definition) is 0. The molecule has 17 heavy (non-hydrogen) atoms. The summed E-state index contributed by atoms with van der Waals surface area (Å²) in [7, 11) is 0. The maximum Gasteiger partial charge on any atom is 0.423 e. The Hall–Kier alpha value is 0.170. The van der Waals surface area contributed by atoms with Crippen molar-refractivity contribution < 1.29 is 35.1 Å². The highest BCUT2D eigenvalue weighted by Crippen LogP contribution is 2.46. The molecule has 0 radical (unpaired) electrons. The second-order valence-electron chi connectivity index (χ2n) is 3.94. The first-order chi connectivity index (χ1) is 7.13. The van der Waals surface area contributed by atoms with Gasteiger partial charge in [0.1, 0.15) is 0 Å². The van der Waals surface area contributed by atoms with E-state index in [0.29, 0.717) is 0 Å². The normalized spacial score (nSPS) is 22.8. The molecule has 0 nitrogen and oxygen atoms in total. The van der Waals surface area contributed by atoms with E-state index in [0.717, 1.165) is 22.6 Å². The fraction of sp³-hybridized carbons (Fsp3) is 1.00. The minimum Gasteiger partial charge on any atom is -0.234 e. The van der Waals surface area contributed by atoms with Gasteiger partial charge in [-0.2, -0.15) is 26.3 Å². The van der Waals surface area contributed by atoms with Crippen molar-refractivity contribution in [2.24, 2.45) is 0 Å². The third kappa shape index (κ3) is 3.82. The van der Waals surface area contributed by atoms with Crippen molar-refractivity contribution in [3.8, 4) is 0 Å². The van der Waals surface area contributed by atoms with Crippen molar-refractivity contribution in [3.05, 3.63) is 0 Å². The molecule has 0 aliphatic rings. The minimum atomic E-state index is -5.35. The summed E-state index contributed by atoms with van der Waals surface area (Å²) >= 11 is 0.840. The van der Waals surface area contributed by atoms with Gasteiger partial charge in [-0.1, -0.05) is 22.6 Å². The Kier molecular flexibility index (Phi) is 4.74. The Bertz CT molecular complexity index is 264. The molecule has 0 spiro atoms. The molecule has 0 bridgehead atoms. The van der Waals surface area contributed by atoms with Gasteiger partial charge < -0.3 is 0 Å². The van der Waals surface area contributed by atoms with E-state index in [-0.39, 0.29) is 13.8 Å². The lowest BCUT2D eigenvalue weighted by atomic mass is 9.93. The molecule has 0 aromatic rings. The molecule has 0 saturated carbocycles. The zero-order valence-electron chi connectivity index (χ0n) is 8.69. The quantitative estimate of drug-likeness (QED) is 0.374. The SMILES string of the molecule is CC(F)(CC(I)C(C)(F)C(F)(F)F)C(F)(F)F. The van der Waals surface area contributed by atoms with Gasteiger partial charge in [0.05, 0.1) is 3.92 Å². The molecule has 0 rings (SSSR count). The first-order valence-electron chi connectivity index (χ1n) is 4.28. The van der Waals surface area contributed by atoms with Gasteiger partial charge in [-0.25, -0.2) is 8.78 Å². The Morgan fingerprint density at radius 1 is 0.824 bits per heavy atom. The van der Waals surface area contributed by atoms with E-state index >= 15 is 0 Å². The molecule has 0 amide bonds. The lowest BCUT2D eigenvalue weighted by Gasteiger charge is -2.33. The van der Waals surface area contributed by atoms with E-state index in [9.17, 15) is 35.1 Å². The van der Waals surface area contributed by atoms with E-state index in [2.05, 4.69) is 0 Å². The van der Waals surface area contributed by atoms with Crippen LogP contribution in [-0.2, 0) is 0 Å². The highest BCUT2D eigenvalue weighted by molar-refractivity contribution is 14.1. The number of rotatable bonds is 3. The van der Waals surface area contributed by atoms with E-state index in [1.165, 1.54) is 0 Å². The van der Waals surface area contributed by atoms with Gasteiger partial charge in [0.15, 0.2) is 0 Å². The second-order valence-corrected chi connectivity index (χ2v) is 5.44. The van der Waals surface area contributed by atoms with Crippen LogP contribution < -0.4 is 0 Å². The third-order valence-corrected chi connectivity index (χ3v) is 3.91. The van der Waals surface area contributed by atoms with Gasteiger partial charge in [0.2, 0.25) is 11.3 Å². The summed E-state index contributed by atoms with van der Waals surface area (Å²) in [5.41, 5.74) is -7.75. The number of hydrogen-bond acceptors (Lipinski definition) is 0. The van der Waals surface area contributed by atoms with Gasteiger partial charge in [0.25, 0.3) is 0 Å². The van der Waals surface area contributed by atoms with Gasteiger partial charge in [-0.05, 0) is 13.8 Å². The van der Waals surface area contributed by atoms with E-state index in [1.54, 1.807) is 0 Å². The molecule has 9 heteroatoms. The standard InChI is InChI=1S/C8H9F8I/c1-5(9,7(11,12)13)3-4(17)6(2,10)8(14,15)16/h4H,3H2,1-2H3. The van der Waals surface area contributed by atoms with Crippen LogP contribution in [0.4, 0.5) is 35.1 Å².